The van der Waals surface area contributed by atoms with Gasteiger partial charge in [0.25, 0.3) is 0 Å². The Labute approximate surface area is 123 Å². The summed E-state index contributed by atoms with van der Waals surface area (Å²) in [5, 5.41) is 8.84. The summed E-state index contributed by atoms with van der Waals surface area (Å²) in [7, 11) is 0. The molecule has 0 aromatic carbocycles. The van der Waals surface area contributed by atoms with Crippen molar-refractivity contribution in [3.63, 3.8) is 0 Å². The number of terminal acetylenes is 1. The number of aliphatic hydroxyl groups is 1. The summed E-state index contributed by atoms with van der Waals surface area (Å²) in [6.45, 7) is 0.227. The third-order valence-corrected chi connectivity index (χ3v) is 3.62. The molecule has 1 aromatic heterocycles. The minimum atomic E-state index is 0.121. The molecule has 0 aliphatic heterocycles. The van der Waals surface area contributed by atoms with Crippen LogP contribution in [0.15, 0.2) is 36.5 Å². The van der Waals surface area contributed by atoms with Gasteiger partial charge in [0.2, 0.25) is 0 Å². The van der Waals surface area contributed by atoms with Crippen molar-refractivity contribution in [3.05, 3.63) is 42.2 Å². The molecule has 0 amide bonds. The fourth-order valence-electron chi connectivity index (χ4n) is 2.22. The van der Waals surface area contributed by atoms with Gasteiger partial charge in [-0.05, 0) is 47.9 Å². The number of aromatic nitrogens is 2. The van der Waals surface area contributed by atoms with E-state index in [0.717, 1.165) is 12.8 Å². The highest BCUT2D eigenvalue weighted by atomic mass is 16.5. The van der Waals surface area contributed by atoms with Gasteiger partial charge in [0.1, 0.15) is 11.8 Å². The normalized spacial score (nSPS) is 20.4. The summed E-state index contributed by atoms with van der Waals surface area (Å²) in [4.78, 5) is 8.00. The second-order valence-corrected chi connectivity index (χ2v) is 5.21. The summed E-state index contributed by atoms with van der Waals surface area (Å²) in [6, 6.07) is 10.5. The predicted molar refractivity (Wildman–Crippen MR) is 79.6 cm³/mol. The molecule has 21 heavy (non-hydrogen) atoms. The molecule has 4 rings (SSSR count). The summed E-state index contributed by atoms with van der Waals surface area (Å²) in [5.41, 5.74) is 3.38. The molecule has 3 aliphatic rings. The molecule has 1 heterocycles. The van der Waals surface area contributed by atoms with Gasteiger partial charge in [-0.25, -0.2) is 4.98 Å². The number of ether oxygens (including phenoxy) is 1. The number of hydrogen-bond acceptors (Lipinski definition) is 4. The molecular formula is C17H16N2O2. The van der Waals surface area contributed by atoms with Crippen LogP contribution < -0.4 is 4.74 Å². The average Bonchev–Trinajstić information content (AvgIpc) is 3.09. The van der Waals surface area contributed by atoms with Crippen LogP contribution in [-0.4, -0.2) is 27.8 Å². The molecule has 1 aromatic rings. The number of rotatable bonds is 3. The maximum absolute atomic E-state index is 8.84. The first-order chi connectivity index (χ1) is 10.3. The number of benzene rings is 1. The van der Waals surface area contributed by atoms with Crippen LogP contribution in [0.5, 0.6) is 6.01 Å². The van der Waals surface area contributed by atoms with Gasteiger partial charge in [0, 0.05) is 12.8 Å². The van der Waals surface area contributed by atoms with E-state index in [1.54, 1.807) is 12.3 Å². The van der Waals surface area contributed by atoms with E-state index in [4.69, 9.17) is 16.3 Å². The first kappa shape index (κ1) is 13.6. The molecule has 1 saturated carbocycles. The maximum atomic E-state index is 8.84. The highest BCUT2D eigenvalue weighted by molar-refractivity contribution is 5.80. The molecule has 3 aliphatic carbocycles. The molecule has 0 radical (unpaired) electrons. The third kappa shape index (κ3) is 3.39. The molecule has 0 bridgehead atoms. The Morgan fingerprint density at radius 2 is 2.05 bits per heavy atom. The van der Waals surface area contributed by atoms with E-state index in [0.29, 0.717) is 17.6 Å². The van der Waals surface area contributed by atoms with Crippen molar-refractivity contribution in [2.45, 2.75) is 18.9 Å². The van der Waals surface area contributed by atoms with Crippen molar-refractivity contribution in [2.75, 3.05) is 6.61 Å². The predicted octanol–water partition coefficient (Wildman–Crippen LogP) is 2.27. The van der Waals surface area contributed by atoms with Gasteiger partial charge < -0.3 is 9.84 Å². The first-order valence-corrected chi connectivity index (χ1v) is 6.96. The van der Waals surface area contributed by atoms with E-state index >= 15 is 0 Å². The standard InChI is InChI=1S/C11H12N2O2.C6H4/c1-2-9-3-4-12-11(13-9)15-10-5-8(6-10)7-14;1-2-5-4-6(5)3-1/h1,3-4,8,10,14H,5-7H2;1-4H. The average molecular weight is 280 g/mol. The van der Waals surface area contributed by atoms with Crippen molar-refractivity contribution in [1.29, 1.82) is 0 Å². The van der Waals surface area contributed by atoms with Gasteiger partial charge >= 0.3 is 6.01 Å². The van der Waals surface area contributed by atoms with Crippen LogP contribution in [0.2, 0.25) is 0 Å². The lowest BCUT2D eigenvalue weighted by atomic mass is 9.83. The second-order valence-electron chi connectivity index (χ2n) is 5.21. The van der Waals surface area contributed by atoms with Crippen molar-refractivity contribution in [3.8, 4) is 29.5 Å². The zero-order valence-corrected chi connectivity index (χ0v) is 11.6. The van der Waals surface area contributed by atoms with Crippen LogP contribution in [0.25, 0.3) is 11.1 Å². The number of aliphatic hydroxyl groups excluding tert-OH is 1. The fourth-order valence-corrected chi connectivity index (χ4v) is 2.22. The van der Waals surface area contributed by atoms with Gasteiger partial charge in [-0.15, -0.1) is 6.42 Å². The quantitative estimate of drug-likeness (QED) is 0.748. The van der Waals surface area contributed by atoms with Crippen LogP contribution in [0, 0.1) is 18.3 Å². The van der Waals surface area contributed by atoms with Crippen LogP contribution in [0.4, 0.5) is 0 Å². The van der Waals surface area contributed by atoms with E-state index in [1.807, 2.05) is 0 Å². The van der Waals surface area contributed by atoms with Gasteiger partial charge in [0.15, 0.2) is 0 Å². The summed E-state index contributed by atoms with van der Waals surface area (Å²) >= 11 is 0. The van der Waals surface area contributed by atoms with Gasteiger partial charge in [-0.1, -0.05) is 18.2 Å². The lowest BCUT2D eigenvalue weighted by Gasteiger charge is -2.33. The van der Waals surface area contributed by atoms with Crippen LogP contribution in [-0.2, 0) is 0 Å². The Morgan fingerprint density at radius 1 is 1.29 bits per heavy atom. The highest BCUT2D eigenvalue weighted by Gasteiger charge is 2.30. The van der Waals surface area contributed by atoms with Gasteiger partial charge in [0.05, 0.1) is 0 Å². The van der Waals surface area contributed by atoms with E-state index in [-0.39, 0.29) is 12.7 Å². The maximum Gasteiger partial charge on any atom is 0.317 e. The third-order valence-electron chi connectivity index (χ3n) is 3.62. The molecule has 0 spiro atoms. The van der Waals surface area contributed by atoms with E-state index in [1.165, 1.54) is 11.1 Å². The highest BCUT2D eigenvalue weighted by Crippen LogP contribution is 2.32. The molecule has 0 atom stereocenters. The molecule has 4 nitrogen and oxygen atoms in total. The zero-order valence-electron chi connectivity index (χ0n) is 11.6. The Kier molecular flexibility index (Phi) is 3.85. The monoisotopic (exact) mass is 280 g/mol. The van der Waals surface area contributed by atoms with E-state index < -0.39 is 0 Å². The van der Waals surface area contributed by atoms with Crippen molar-refractivity contribution >= 4 is 0 Å². The van der Waals surface area contributed by atoms with E-state index in [2.05, 4.69) is 40.2 Å². The fraction of sp³-hybridized carbons (Fsp3) is 0.294. The summed E-state index contributed by atoms with van der Waals surface area (Å²) in [5.74, 6) is 2.79. The Morgan fingerprint density at radius 3 is 2.57 bits per heavy atom. The topological polar surface area (TPSA) is 55.2 Å². The first-order valence-electron chi connectivity index (χ1n) is 6.96. The lowest BCUT2D eigenvalue weighted by Crippen LogP contribution is -2.36. The van der Waals surface area contributed by atoms with Crippen molar-refractivity contribution in [1.82, 2.24) is 9.97 Å². The van der Waals surface area contributed by atoms with Crippen LogP contribution >= 0.6 is 0 Å². The largest absolute Gasteiger partial charge is 0.460 e. The van der Waals surface area contributed by atoms with Crippen molar-refractivity contribution in [2.24, 2.45) is 5.92 Å². The summed E-state index contributed by atoms with van der Waals surface area (Å²) in [6.07, 6.45) is 8.64. The second kappa shape index (κ2) is 5.94. The van der Waals surface area contributed by atoms with Gasteiger partial charge in [-0.2, -0.15) is 4.98 Å². The molecule has 4 heteroatoms. The SMILES string of the molecule is C#Cc1ccnc(OC2CC(CO)C2)n1.c1cc2cc-2c1. The van der Waals surface area contributed by atoms with Crippen molar-refractivity contribution < 1.29 is 9.84 Å². The number of hydrogen-bond donors (Lipinski definition) is 1. The number of fused-ring (bicyclic) bond motifs is 1. The van der Waals surface area contributed by atoms with Crippen LogP contribution in [0.1, 0.15) is 18.5 Å². The smallest absolute Gasteiger partial charge is 0.317 e. The Balaban J connectivity index is 0.000000180. The Bertz CT molecular complexity index is 655. The Hall–Kier alpha value is -2.38. The molecule has 1 N–H and O–H groups in total. The lowest BCUT2D eigenvalue weighted by molar-refractivity contribution is 0.0263. The zero-order chi connectivity index (χ0) is 14.7. The van der Waals surface area contributed by atoms with Crippen LogP contribution in [0.3, 0.4) is 0 Å². The molecule has 1 fully saturated rings. The minimum Gasteiger partial charge on any atom is -0.460 e. The molecule has 0 unspecified atom stereocenters. The molecule has 106 valence electrons. The van der Waals surface area contributed by atoms with Gasteiger partial charge in [-0.3, -0.25) is 0 Å². The van der Waals surface area contributed by atoms with E-state index in [9.17, 15) is 0 Å². The minimum absolute atomic E-state index is 0.121. The number of nitrogens with zero attached hydrogens (tertiary/aromatic N) is 2. The molecular weight excluding hydrogens is 264 g/mol. The molecule has 0 saturated heterocycles. The summed E-state index contributed by atoms with van der Waals surface area (Å²) < 4.78 is 5.50.